The quantitative estimate of drug-likeness (QED) is 0.434. The molecule has 3 rings (SSSR count). The second kappa shape index (κ2) is 10.4. The molecule has 1 fully saturated rings. The number of guanidine groups is 1. The fourth-order valence-corrected chi connectivity index (χ4v) is 5.91. The molecule has 160 valence electrons. The van der Waals surface area contributed by atoms with Crippen LogP contribution in [0.3, 0.4) is 0 Å². The lowest BCUT2D eigenvalue weighted by Crippen LogP contribution is -2.41. The maximum Gasteiger partial charge on any atom is 0.215 e. The van der Waals surface area contributed by atoms with Crippen molar-refractivity contribution in [2.45, 2.75) is 20.3 Å². The lowest BCUT2D eigenvalue weighted by Gasteiger charge is -2.25. The predicted octanol–water partition coefficient (Wildman–Crippen LogP) is 1.95. The van der Waals surface area contributed by atoms with Gasteiger partial charge in [0.15, 0.2) is 5.96 Å². The number of para-hydroxylation sites is 1. The Morgan fingerprint density at radius 1 is 1.28 bits per heavy atom. The van der Waals surface area contributed by atoms with Gasteiger partial charge in [-0.3, -0.25) is 4.99 Å². The van der Waals surface area contributed by atoms with E-state index in [1.165, 1.54) is 22.0 Å². The molecule has 0 atom stereocenters. The summed E-state index contributed by atoms with van der Waals surface area (Å²) in [5, 5.41) is 7.76. The highest BCUT2D eigenvalue weighted by molar-refractivity contribution is 7.99. The van der Waals surface area contributed by atoms with Crippen LogP contribution in [0.2, 0.25) is 0 Å². The number of rotatable bonds is 8. The molecule has 1 aromatic heterocycles. The van der Waals surface area contributed by atoms with Crippen LogP contribution in [0.1, 0.15) is 18.1 Å². The fraction of sp³-hybridized carbons (Fsp3) is 0.550. The van der Waals surface area contributed by atoms with E-state index >= 15 is 0 Å². The number of hydrogen-bond donors (Lipinski definition) is 3. The fourth-order valence-electron chi connectivity index (χ4n) is 3.45. The second-order valence-electron chi connectivity index (χ2n) is 7.08. The van der Waals surface area contributed by atoms with Crippen LogP contribution in [-0.2, 0) is 16.4 Å². The number of nitrogens with zero attached hydrogens (tertiary/aromatic N) is 2. The SMILES string of the molecule is CCNC(=NCCS(=O)(=O)N1CCSCC1)NCCc1c[nH]c2c(C)cccc12. The third kappa shape index (κ3) is 5.90. The van der Waals surface area contributed by atoms with Crippen LogP contribution in [-0.4, -0.2) is 73.6 Å². The first kappa shape index (κ1) is 22.0. The van der Waals surface area contributed by atoms with E-state index in [1.807, 2.05) is 6.92 Å². The van der Waals surface area contributed by atoms with Gasteiger partial charge in [-0.15, -0.1) is 0 Å². The molecule has 0 radical (unpaired) electrons. The van der Waals surface area contributed by atoms with Gasteiger partial charge in [0, 0.05) is 54.8 Å². The van der Waals surface area contributed by atoms with Gasteiger partial charge in [-0.05, 0) is 31.4 Å². The van der Waals surface area contributed by atoms with Crippen molar-refractivity contribution in [2.24, 2.45) is 4.99 Å². The molecule has 0 spiro atoms. The van der Waals surface area contributed by atoms with Gasteiger partial charge in [0.1, 0.15) is 0 Å². The van der Waals surface area contributed by atoms with Gasteiger partial charge in [0.2, 0.25) is 10.0 Å². The van der Waals surface area contributed by atoms with Crippen LogP contribution in [0.15, 0.2) is 29.4 Å². The first-order chi connectivity index (χ1) is 14.0. The summed E-state index contributed by atoms with van der Waals surface area (Å²) in [4.78, 5) is 7.82. The zero-order valence-corrected chi connectivity index (χ0v) is 18.8. The molecule has 0 bridgehead atoms. The number of aromatic nitrogens is 1. The van der Waals surface area contributed by atoms with Gasteiger partial charge in [-0.1, -0.05) is 18.2 Å². The lowest BCUT2D eigenvalue weighted by molar-refractivity contribution is 0.444. The molecule has 1 aliphatic heterocycles. The molecule has 1 aliphatic rings. The van der Waals surface area contributed by atoms with Crippen molar-refractivity contribution in [3.8, 4) is 0 Å². The van der Waals surface area contributed by atoms with Crippen LogP contribution in [0, 0.1) is 6.92 Å². The number of aromatic amines is 1. The predicted molar refractivity (Wildman–Crippen MR) is 123 cm³/mol. The maximum absolute atomic E-state index is 12.4. The number of H-pyrrole nitrogens is 1. The summed E-state index contributed by atoms with van der Waals surface area (Å²) in [6.45, 7) is 7.04. The summed E-state index contributed by atoms with van der Waals surface area (Å²) in [5.41, 5.74) is 3.69. The smallest absolute Gasteiger partial charge is 0.215 e. The topological polar surface area (TPSA) is 89.6 Å². The minimum Gasteiger partial charge on any atom is -0.361 e. The molecule has 0 unspecified atom stereocenters. The normalized spacial score (nSPS) is 16.3. The molecule has 0 saturated carbocycles. The summed E-state index contributed by atoms with van der Waals surface area (Å²) >= 11 is 1.80. The highest BCUT2D eigenvalue weighted by Crippen LogP contribution is 2.21. The minimum absolute atomic E-state index is 0.0516. The average Bonchev–Trinajstić information content (AvgIpc) is 3.13. The Kier molecular flexibility index (Phi) is 7.85. The number of sulfonamides is 1. The Morgan fingerprint density at radius 2 is 2.07 bits per heavy atom. The highest BCUT2D eigenvalue weighted by Gasteiger charge is 2.23. The second-order valence-corrected chi connectivity index (χ2v) is 10.4. The monoisotopic (exact) mass is 437 g/mol. The minimum atomic E-state index is -3.23. The third-order valence-electron chi connectivity index (χ3n) is 5.02. The zero-order chi connectivity index (χ0) is 20.7. The molecule has 29 heavy (non-hydrogen) atoms. The van der Waals surface area contributed by atoms with Crippen LogP contribution in [0.5, 0.6) is 0 Å². The summed E-state index contributed by atoms with van der Waals surface area (Å²) in [5.74, 6) is 2.46. The molecule has 7 nitrogen and oxygen atoms in total. The molecular formula is C20H31N5O2S2. The molecule has 0 aliphatic carbocycles. The Labute approximate surface area is 177 Å². The van der Waals surface area contributed by atoms with Gasteiger partial charge in [0.05, 0.1) is 12.3 Å². The Balaban J connectivity index is 1.53. The largest absolute Gasteiger partial charge is 0.361 e. The average molecular weight is 438 g/mol. The number of thioether (sulfide) groups is 1. The van der Waals surface area contributed by atoms with E-state index in [0.717, 1.165) is 31.0 Å². The van der Waals surface area contributed by atoms with E-state index in [4.69, 9.17) is 0 Å². The first-order valence-corrected chi connectivity index (χ1v) is 12.9. The summed E-state index contributed by atoms with van der Waals surface area (Å²) < 4.78 is 26.5. The molecule has 2 aromatic rings. The van der Waals surface area contributed by atoms with E-state index in [2.05, 4.69) is 51.9 Å². The van der Waals surface area contributed by atoms with Crippen LogP contribution in [0.25, 0.3) is 10.9 Å². The molecule has 1 saturated heterocycles. The molecule has 3 N–H and O–H groups in total. The van der Waals surface area contributed by atoms with Crippen molar-refractivity contribution in [3.05, 3.63) is 35.5 Å². The molecule has 0 amide bonds. The number of nitrogens with one attached hydrogen (secondary N) is 3. The van der Waals surface area contributed by atoms with Crippen LogP contribution >= 0.6 is 11.8 Å². The Bertz CT molecular complexity index is 933. The summed E-state index contributed by atoms with van der Waals surface area (Å²) in [6.07, 6.45) is 2.92. The van der Waals surface area contributed by atoms with Crippen molar-refractivity contribution in [2.75, 3.05) is 50.0 Å². The molecular weight excluding hydrogens is 406 g/mol. The zero-order valence-electron chi connectivity index (χ0n) is 17.2. The number of hydrogen-bond acceptors (Lipinski definition) is 4. The van der Waals surface area contributed by atoms with E-state index < -0.39 is 10.0 Å². The van der Waals surface area contributed by atoms with Gasteiger partial charge in [0.25, 0.3) is 0 Å². The maximum atomic E-state index is 12.4. The van der Waals surface area contributed by atoms with Crippen molar-refractivity contribution in [1.29, 1.82) is 0 Å². The van der Waals surface area contributed by atoms with E-state index in [1.54, 1.807) is 16.1 Å². The van der Waals surface area contributed by atoms with Crippen molar-refractivity contribution >= 4 is 38.6 Å². The van der Waals surface area contributed by atoms with Gasteiger partial charge < -0.3 is 15.6 Å². The van der Waals surface area contributed by atoms with Crippen LogP contribution < -0.4 is 10.6 Å². The molecule has 2 heterocycles. The van der Waals surface area contributed by atoms with Crippen molar-refractivity contribution < 1.29 is 8.42 Å². The third-order valence-corrected chi connectivity index (χ3v) is 7.82. The van der Waals surface area contributed by atoms with Crippen molar-refractivity contribution in [3.63, 3.8) is 0 Å². The summed E-state index contributed by atoms with van der Waals surface area (Å²) in [6, 6.07) is 6.32. The van der Waals surface area contributed by atoms with E-state index in [0.29, 0.717) is 19.0 Å². The van der Waals surface area contributed by atoms with Gasteiger partial charge >= 0.3 is 0 Å². The number of aryl methyl sites for hydroxylation is 1. The molecule has 9 heteroatoms. The Hall–Kier alpha value is -1.71. The van der Waals surface area contributed by atoms with Gasteiger partial charge in [-0.25, -0.2) is 12.7 Å². The van der Waals surface area contributed by atoms with Crippen LogP contribution in [0.4, 0.5) is 0 Å². The Morgan fingerprint density at radius 3 is 2.83 bits per heavy atom. The first-order valence-electron chi connectivity index (χ1n) is 10.1. The van der Waals surface area contributed by atoms with Gasteiger partial charge in [-0.2, -0.15) is 11.8 Å². The standard InChI is InChI=1S/C20H31N5O2S2/c1-3-21-20(23-9-14-29(26,27)25-10-12-28-13-11-25)22-8-7-17-15-24-19-16(2)5-4-6-18(17)19/h4-6,15,24H,3,7-14H2,1-2H3,(H2,21,22,23). The van der Waals surface area contributed by atoms with E-state index in [9.17, 15) is 8.42 Å². The number of benzene rings is 1. The summed E-state index contributed by atoms with van der Waals surface area (Å²) in [7, 11) is -3.23. The highest BCUT2D eigenvalue weighted by atomic mass is 32.2. The molecule has 1 aromatic carbocycles. The van der Waals surface area contributed by atoms with Crippen molar-refractivity contribution in [1.82, 2.24) is 19.9 Å². The number of fused-ring (bicyclic) bond motifs is 1. The lowest BCUT2D eigenvalue weighted by atomic mass is 10.1. The van der Waals surface area contributed by atoms with E-state index in [-0.39, 0.29) is 12.3 Å². The number of aliphatic imine (C=N–C) groups is 1.